The second kappa shape index (κ2) is 9.03. The molecule has 0 saturated heterocycles. The number of nitrogens with one attached hydrogen (secondary N) is 1. The van der Waals surface area contributed by atoms with E-state index in [0.29, 0.717) is 19.6 Å². The van der Waals surface area contributed by atoms with E-state index in [-0.39, 0.29) is 5.91 Å². The minimum absolute atomic E-state index is 0.00927. The third-order valence-corrected chi connectivity index (χ3v) is 4.36. The molecule has 0 aliphatic carbocycles. The van der Waals surface area contributed by atoms with E-state index < -0.39 is 0 Å². The zero-order chi connectivity index (χ0) is 19.1. The van der Waals surface area contributed by atoms with Gasteiger partial charge in [-0.15, -0.1) is 0 Å². The SMILES string of the molecule is CCOc1ccc(CC(=O)NCc2cccc(Cn3ccnc3C)c2)cc1. The van der Waals surface area contributed by atoms with E-state index in [1.165, 1.54) is 5.56 Å². The fourth-order valence-electron chi connectivity index (χ4n) is 2.92. The Morgan fingerprint density at radius 1 is 1.11 bits per heavy atom. The Hall–Kier alpha value is -3.08. The molecule has 1 aromatic heterocycles. The van der Waals surface area contributed by atoms with E-state index in [2.05, 4.69) is 27.0 Å². The van der Waals surface area contributed by atoms with Gasteiger partial charge < -0.3 is 14.6 Å². The van der Waals surface area contributed by atoms with Crippen LogP contribution in [0.25, 0.3) is 0 Å². The minimum Gasteiger partial charge on any atom is -0.494 e. The maximum atomic E-state index is 12.2. The van der Waals surface area contributed by atoms with Gasteiger partial charge in [0.05, 0.1) is 13.0 Å². The normalized spacial score (nSPS) is 10.6. The molecule has 0 spiro atoms. The molecule has 0 aliphatic rings. The smallest absolute Gasteiger partial charge is 0.224 e. The molecule has 1 N–H and O–H groups in total. The second-order valence-corrected chi connectivity index (χ2v) is 6.45. The van der Waals surface area contributed by atoms with Crippen molar-refractivity contribution in [3.05, 3.63) is 83.4 Å². The Labute approximate surface area is 160 Å². The number of ether oxygens (including phenoxy) is 1. The van der Waals surface area contributed by atoms with Crippen LogP contribution in [0, 0.1) is 6.92 Å². The number of amides is 1. The average Bonchev–Trinajstić information content (AvgIpc) is 3.07. The molecule has 0 radical (unpaired) electrons. The summed E-state index contributed by atoms with van der Waals surface area (Å²) < 4.78 is 7.52. The highest BCUT2D eigenvalue weighted by Gasteiger charge is 2.05. The van der Waals surface area contributed by atoms with Crippen LogP contribution >= 0.6 is 0 Å². The van der Waals surface area contributed by atoms with Gasteiger partial charge in [0.25, 0.3) is 0 Å². The van der Waals surface area contributed by atoms with Crippen molar-refractivity contribution in [2.24, 2.45) is 0 Å². The van der Waals surface area contributed by atoms with Crippen LogP contribution < -0.4 is 10.1 Å². The van der Waals surface area contributed by atoms with Crippen molar-refractivity contribution in [1.29, 1.82) is 0 Å². The number of hydrogen-bond donors (Lipinski definition) is 1. The van der Waals surface area contributed by atoms with Gasteiger partial charge in [-0.3, -0.25) is 4.79 Å². The molecule has 0 saturated carbocycles. The number of aryl methyl sites for hydroxylation is 1. The maximum absolute atomic E-state index is 12.2. The Bertz CT molecular complexity index is 885. The monoisotopic (exact) mass is 363 g/mol. The van der Waals surface area contributed by atoms with Crippen LogP contribution in [-0.2, 0) is 24.3 Å². The highest BCUT2D eigenvalue weighted by molar-refractivity contribution is 5.78. The first-order valence-electron chi connectivity index (χ1n) is 9.18. The van der Waals surface area contributed by atoms with Gasteiger partial charge in [0.15, 0.2) is 0 Å². The number of benzene rings is 2. The van der Waals surface area contributed by atoms with Crippen molar-refractivity contribution in [3.63, 3.8) is 0 Å². The summed E-state index contributed by atoms with van der Waals surface area (Å²) in [5.74, 6) is 1.82. The van der Waals surface area contributed by atoms with E-state index in [4.69, 9.17) is 4.74 Å². The molecule has 0 unspecified atom stereocenters. The Morgan fingerprint density at radius 2 is 1.89 bits per heavy atom. The minimum atomic E-state index is 0.00927. The molecule has 0 atom stereocenters. The second-order valence-electron chi connectivity index (χ2n) is 6.45. The lowest BCUT2D eigenvalue weighted by Gasteiger charge is -2.09. The molecule has 3 rings (SSSR count). The zero-order valence-corrected chi connectivity index (χ0v) is 15.8. The van der Waals surface area contributed by atoms with Crippen LogP contribution in [0.4, 0.5) is 0 Å². The van der Waals surface area contributed by atoms with Crippen LogP contribution in [0.15, 0.2) is 60.9 Å². The zero-order valence-electron chi connectivity index (χ0n) is 15.8. The molecule has 1 amide bonds. The van der Waals surface area contributed by atoms with Crippen LogP contribution in [0.5, 0.6) is 5.75 Å². The van der Waals surface area contributed by atoms with Gasteiger partial charge in [0, 0.05) is 25.5 Å². The van der Waals surface area contributed by atoms with Crippen molar-refractivity contribution in [2.45, 2.75) is 33.4 Å². The van der Waals surface area contributed by atoms with Gasteiger partial charge >= 0.3 is 0 Å². The van der Waals surface area contributed by atoms with E-state index in [9.17, 15) is 4.79 Å². The van der Waals surface area contributed by atoms with Gasteiger partial charge in [-0.05, 0) is 42.7 Å². The molecule has 27 heavy (non-hydrogen) atoms. The number of rotatable bonds is 8. The molecule has 140 valence electrons. The third-order valence-electron chi connectivity index (χ3n) is 4.36. The van der Waals surface area contributed by atoms with Gasteiger partial charge in [0.2, 0.25) is 5.91 Å². The van der Waals surface area contributed by atoms with E-state index in [1.54, 1.807) is 6.20 Å². The van der Waals surface area contributed by atoms with Crippen LogP contribution in [-0.4, -0.2) is 22.1 Å². The summed E-state index contributed by atoms with van der Waals surface area (Å²) in [4.78, 5) is 16.5. The Morgan fingerprint density at radius 3 is 2.59 bits per heavy atom. The largest absolute Gasteiger partial charge is 0.494 e. The number of aromatic nitrogens is 2. The Kier molecular flexibility index (Phi) is 6.26. The first-order valence-corrected chi connectivity index (χ1v) is 9.18. The van der Waals surface area contributed by atoms with Crippen molar-refractivity contribution < 1.29 is 9.53 Å². The highest BCUT2D eigenvalue weighted by Crippen LogP contribution is 2.13. The van der Waals surface area contributed by atoms with E-state index in [1.807, 2.05) is 56.4 Å². The predicted molar refractivity (Wildman–Crippen MR) is 106 cm³/mol. The topological polar surface area (TPSA) is 56.1 Å². The summed E-state index contributed by atoms with van der Waals surface area (Å²) in [6, 6.07) is 15.9. The molecule has 0 bridgehead atoms. The lowest BCUT2D eigenvalue weighted by molar-refractivity contribution is -0.120. The van der Waals surface area contributed by atoms with Crippen molar-refractivity contribution in [1.82, 2.24) is 14.9 Å². The van der Waals surface area contributed by atoms with Gasteiger partial charge in [-0.1, -0.05) is 36.4 Å². The summed E-state index contributed by atoms with van der Waals surface area (Å²) in [6.07, 6.45) is 4.14. The quantitative estimate of drug-likeness (QED) is 0.666. The molecule has 5 heteroatoms. The molecule has 1 heterocycles. The summed E-state index contributed by atoms with van der Waals surface area (Å²) in [5.41, 5.74) is 3.25. The number of carbonyl (C=O) groups is 1. The molecule has 5 nitrogen and oxygen atoms in total. The van der Waals surface area contributed by atoms with Crippen molar-refractivity contribution in [2.75, 3.05) is 6.61 Å². The van der Waals surface area contributed by atoms with Gasteiger partial charge in [0.1, 0.15) is 11.6 Å². The van der Waals surface area contributed by atoms with Crippen molar-refractivity contribution >= 4 is 5.91 Å². The first kappa shape index (κ1) is 18.7. The van der Waals surface area contributed by atoms with Crippen LogP contribution in [0.2, 0.25) is 0 Å². The standard InChI is InChI=1S/C22H25N3O2/c1-3-27-21-9-7-18(8-10-21)14-22(26)24-15-19-5-4-6-20(13-19)16-25-12-11-23-17(25)2/h4-13H,3,14-16H2,1-2H3,(H,24,26). The molecule has 2 aromatic carbocycles. The number of imidazole rings is 1. The first-order chi connectivity index (χ1) is 13.1. The molecular weight excluding hydrogens is 338 g/mol. The summed E-state index contributed by atoms with van der Waals surface area (Å²) in [5, 5.41) is 3.00. The van der Waals surface area contributed by atoms with Crippen LogP contribution in [0.1, 0.15) is 29.4 Å². The van der Waals surface area contributed by atoms with Crippen LogP contribution in [0.3, 0.4) is 0 Å². The third kappa shape index (κ3) is 5.45. The highest BCUT2D eigenvalue weighted by atomic mass is 16.5. The van der Waals surface area contributed by atoms with E-state index in [0.717, 1.165) is 29.2 Å². The lowest BCUT2D eigenvalue weighted by Crippen LogP contribution is -2.24. The van der Waals surface area contributed by atoms with E-state index >= 15 is 0 Å². The fourth-order valence-corrected chi connectivity index (χ4v) is 2.92. The molecule has 0 fully saturated rings. The molecule has 3 aromatic rings. The van der Waals surface area contributed by atoms with Gasteiger partial charge in [-0.25, -0.2) is 4.98 Å². The number of nitrogens with zero attached hydrogens (tertiary/aromatic N) is 2. The Balaban J connectivity index is 1.52. The summed E-state index contributed by atoms with van der Waals surface area (Å²) >= 11 is 0. The van der Waals surface area contributed by atoms with Crippen molar-refractivity contribution in [3.8, 4) is 5.75 Å². The number of hydrogen-bond acceptors (Lipinski definition) is 3. The maximum Gasteiger partial charge on any atom is 0.224 e. The average molecular weight is 363 g/mol. The molecular formula is C22H25N3O2. The molecule has 0 aliphatic heterocycles. The fraction of sp³-hybridized carbons (Fsp3) is 0.273. The number of carbonyl (C=O) groups excluding carboxylic acids is 1. The predicted octanol–water partition coefficient (Wildman–Crippen LogP) is 3.50. The lowest BCUT2D eigenvalue weighted by atomic mass is 10.1. The summed E-state index contributed by atoms with van der Waals surface area (Å²) in [7, 11) is 0. The van der Waals surface area contributed by atoms with Gasteiger partial charge in [-0.2, -0.15) is 0 Å². The summed E-state index contributed by atoms with van der Waals surface area (Å²) in [6.45, 7) is 5.88.